The van der Waals surface area contributed by atoms with Crippen molar-refractivity contribution in [3.8, 4) is 11.8 Å². The molecule has 8 heteroatoms. The van der Waals surface area contributed by atoms with E-state index in [0.717, 1.165) is 0 Å². The Morgan fingerprint density at radius 2 is 2.14 bits per heavy atom. The molecule has 2 aromatic heterocycles. The van der Waals surface area contributed by atoms with E-state index in [2.05, 4.69) is 31.5 Å². The Balaban J connectivity index is 2.12. The summed E-state index contributed by atoms with van der Waals surface area (Å²) in [6.45, 7) is 0.0763. The average molecular weight is 306 g/mol. The van der Waals surface area contributed by atoms with Crippen molar-refractivity contribution in [2.75, 3.05) is 6.61 Å². The zero-order valence-corrected chi connectivity index (χ0v) is 11.9. The molecule has 2 aromatic rings. The standard InChI is InChI=1S/C13H14N4O3S/c18-4-2-1-3-11-5-13(9-14-6-11)21(19,20)17-8-12-7-15-10-16-12/h5-7,9-10,17-18H,2,4,8H2,(H,15,16). The van der Waals surface area contributed by atoms with Gasteiger partial charge in [0.25, 0.3) is 0 Å². The van der Waals surface area contributed by atoms with Crippen molar-refractivity contribution in [2.45, 2.75) is 17.9 Å². The predicted molar refractivity (Wildman–Crippen MR) is 75.4 cm³/mol. The Hall–Kier alpha value is -2.21. The first-order valence-electron chi connectivity index (χ1n) is 6.13. The second-order valence-corrected chi connectivity index (χ2v) is 5.85. The van der Waals surface area contributed by atoms with E-state index >= 15 is 0 Å². The lowest BCUT2D eigenvalue weighted by molar-refractivity contribution is 0.305. The number of aliphatic hydroxyl groups is 1. The topological polar surface area (TPSA) is 108 Å². The van der Waals surface area contributed by atoms with Gasteiger partial charge in [-0.25, -0.2) is 18.1 Å². The first kappa shape index (κ1) is 15.2. The smallest absolute Gasteiger partial charge is 0.242 e. The third kappa shape index (κ3) is 4.39. The summed E-state index contributed by atoms with van der Waals surface area (Å²) in [5, 5.41) is 8.66. The number of pyridine rings is 1. The van der Waals surface area contributed by atoms with Crippen LogP contribution in [0.4, 0.5) is 0 Å². The van der Waals surface area contributed by atoms with Crippen LogP contribution in [0.3, 0.4) is 0 Å². The molecule has 2 heterocycles. The van der Waals surface area contributed by atoms with Crippen LogP contribution in [0.25, 0.3) is 0 Å². The third-order valence-electron chi connectivity index (χ3n) is 2.50. The van der Waals surface area contributed by atoms with Crippen molar-refractivity contribution in [1.29, 1.82) is 0 Å². The maximum Gasteiger partial charge on any atom is 0.242 e. The lowest BCUT2D eigenvalue weighted by Gasteiger charge is -2.05. The SMILES string of the molecule is O=S(=O)(NCc1cnc[nH]1)c1cncc(C#CCCO)c1. The van der Waals surface area contributed by atoms with Crippen LogP contribution in [0.5, 0.6) is 0 Å². The van der Waals surface area contributed by atoms with Gasteiger partial charge in [0.2, 0.25) is 10.0 Å². The predicted octanol–water partition coefficient (Wildman–Crippen LogP) is 0.0171. The summed E-state index contributed by atoms with van der Waals surface area (Å²) >= 11 is 0. The minimum Gasteiger partial charge on any atom is -0.395 e. The van der Waals surface area contributed by atoms with Crippen molar-refractivity contribution >= 4 is 10.0 Å². The number of sulfonamides is 1. The summed E-state index contributed by atoms with van der Waals surface area (Å²) in [6, 6.07) is 1.44. The zero-order valence-electron chi connectivity index (χ0n) is 11.1. The minimum atomic E-state index is -3.67. The van der Waals surface area contributed by atoms with Gasteiger partial charge in [-0.3, -0.25) is 4.98 Å². The van der Waals surface area contributed by atoms with Crippen molar-refractivity contribution in [3.05, 3.63) is 42.2 Å². The number of H-pyrrole nitrogens is 1. The van der Waals surface area contributed by atoms with Gasteiger partial charge >= 0.3 is 0 Å². The molecule has 0 aliphatic carbocycles. The molecule has 21 heavy (non-hydrogen) atoms. The molecule has 0 aliphatic heterocycles. The van der Waals surface area contributed by atoms with Crippen LogP contribution in [-0.4, -0.2) is 35.1 Å². The minimum absolute atomic E-state index is 0.0375. The van der Waals surface area contributed by atoms with Crippen LogP contribution in [0.1, 0.15) is 17.7 Å². The van der Waals surface area contributed by atoms with Crippen molar-refractivity contribution in [2.24, 2.45) is 0 Å². The molecule has 0 aliphatic rings. The zero-order chi connectivity index (χ0) is 15.1. The molecule has 110 valence electrons. The van der Waals surface area contributed by atoms with Gasteiger partial charge < -0.3 is 10.1 Å². The number of aromatic amines is 1. The maximum atomic E-state index is 12.1. The fourth-order valence-corrected chi connectivity index (χ4v) is 2.49. The van der Waals surface area contributed by atoms with Gasteiger partial charge in [-0.2, -0.15) is 0 Å². The molecule has 3 N–H and O–H groups in total. The summed E-state index contributed by atoms with van der Waals surface area (Å²) in [4.78, 5) is 10.5. The molecule has 0 spiro atoms. The lowest BCUT2D eigenvalue weighted by atomic mass is 10.3. The summed E-state index contributed by atoms with van der Waals surface area (Å²) in [7, 11) is -3.67. The molecule has 0 fully saturated rings. The van der Waals surface area contributed by atoms with Crippen molar-refractivity contribution in [3.63, 3.8) is 0 Å². The van der Waals surface area contributed by atoms with Crippen LogP contribution in [-0.2, 0) is 16.6 Å². The van der Waals surface area contributed by atoms with E-state index in [-0.39, 0.29) is 18.0 Å². The molecule has 0 saturated carbocycles. The Morgan fingerprint density at radius 1 is 1.29 bits per heavy atom. The van der Waals surface area contributed by atoms with Gasteiger partial charge in [0.1, 0.15) is 4.90 Å². The highest BCUT2D eigenvalue weighted by Gasteiger charge is 2.14. The molecular formula is C13H14N4O3S. The monoisotopic (exact) mass is 306 g/mol. The van der Waals surface area contributed by atoms with E-state index in [4.69, 9.17) is 5.11 Å². The van der Waals surface area contributed by atoms with Crippen molar-refractivity contribution < 1.29 is 13.5 Å². The number of rotatable bonds is 5. The Labute approximate surface area is 122 Å². The first-order valence-corrected chi connectivity index (χ1v) is 7.62. The van der Waals surface area contributed by atoms with Crippen LogP contribution < -0.4 is 4.72 Å². The lowest BCUT2D eigenvalue weighted by Crippen LogP contribution is -2.23. The van der Waals surface area contributed by atoms with E-state index in [1.54, 1.807) is 0 Å². The number of hydrogen-bond donors (Lipinski definition) is 3. The number of hydrogen-bond acceptors (Lipinski definition) is 5. The fourth-order valence-electron chi connectivity index (χ4n) is 1.49. The fraction of sp³-hybridized carbons (Fsp3) is 0.231. The van der Waals surface area contributed by atoms with Crippen LogP contribution in [0.15, 0.2) is 35.9 Å². The third-order valence-corrected chi connectivity index (χ3v) is 3.87. The maximum absolute atomic E-state index is 12.1. The van der Waals surface area contributed by atoms with Crippen LogP contribution >= 0.6 is 0 Å². The molecule has 0 atom stereocenters. The second kappa shape index (κ2) is 6.99. The normalized spacial score (nSPS) is 10.9. The molecule has 0 radical (unpaired) electrons. The largest absolute Gasteiger partial charge is 0.395 e. The summed E-state index contributed by atoms with van der Waals surface area (Å²) < 4.78 is 26.7. The van der Waals surface area contributed by atoms with Crippen molar-refractivity contribution in [1.82, 2.24) is 19.7 Å². The van der Waals surface area contributed by atoms with Gasteiger partial charge in [0.15, 0.2) is 0 Å². The molecule has 0 saturated heterocycles. The second-order valence-electron chi connectivity index (χ2n) is 4.09. The van der Waals surface area contributed by atoms with E-state index in [9.17, 15) is 8.42 Å². The van der Waals surface area contributed by atoms with E-state index in [1.807, 2.05) is 0 Å². The molecule has 2 rings (SSSR count). The molecule has 0 bridgehead atoms. The number of nitrogens with one attached hydrogen (secondary N) is 2. The van der Waals surface area contributed by atoms with Crippen LogP contribution in [0, 0.1) is 11.8 Å². The molecule has 7 nitrogen and oxygen atoms in total. The highest BCUT2D eigenvalue weighted by atomic mass is 32.2. The van der Waals surface area contributed by atoms with Crippen LogP contribution in [0.2, 0.25) is 0 Å². The highest BCUT2D eigenvalue weighted by molar-refractivity contribution is 7.89. The van der Waals surface area contributed by atoms with Gasteiger partial charge in [-0.15, -0.1) is 0 Å². The van der Waals surface area contributed by atoms with Gasteiger partial charge in [-0.1, -0.05) is 11.8 Å². The Morgan fingerprint density at radius 3 is 2.86 bits per heavy atom. The summed E-state index contributed by atoms with van der Waals surface area (Å²) in [5.41, 5.74) is 1.14. The summed E-state index contributed by atoms with van der Waals surface area (Å²) in [6.07, 6.45) is 6.07. The number of aromatic nitrogens is 3. The van der Waals surface area contributed by atoms with E-state index in [0.29, 0.717) is 17.7 Å². The summed E-state index contributed by atoms with van der Waals surface area (Å²) in [5.74, 6) is 5.46. The quantitative estimate of drug-likeness (QED) is 0.675. The van der Waals surface area contributed by atoms with Gasteiger partial charge in [-0.05, 0) is 6.07 Å². The number of imidazole rings is 1. The average Bonchev–Trinajstić information content (AvgIpc) is 2.99. The number of nitrogens with zero attached hydrogens (tertiary/aromatic N) is 2. The molecule has 0 amide bonds. The van der Waals surface area contributed by atoms with E-state index in [1.165, 1.54) is 31.0 Å². The molecule has 0 aromatic carbocycles. The highest BCUT2D eigenvalue weighted by Crippen LogP contribution is 2.09. The molecular weight excluding hydrogens is 292 g/mol. The Kier molecular flexibility index (Phi) is 5.05. The molecule has 0 unspecified atom stereocenters. The van der Waals surface area contributed by atoms with Gasteiger partial charge in [0, 0.05) is 36.3 Å². The first-order chi connectivity index (χ1) is 10.1. The van der Waals surface area contributed by atoms with Gasteiger partial charge in [0.05, 0.1) is 19.5 Å². The number of aliphatic hydroxyl groups excluding tert-OH is 1. The Bertz CT molecular complexity index is 745. The van der Waals surface area contributed by atoms with E-state index < -0.39 is 10.0 Å².